The van der Waals surface area contributed by atoms with Crippen molar-refractivity contribution in [1.82, 2.24) is 14.3 Å². The lowest BCUT2D eigenvalue weighted by Gasteiger charge is -2.37. The molecule has 1 aromatic rings. The van der Waals surface area contributed by atoms with Crippen LogP contribution in [0.25, 0.3) is 0 Å². The van der Waals surface area contributed by atoms with E-state index in [0.29, 0.717) is 12.5 Å². The van der Waals surface area contributed by atoms with Crippen molar-refractivity contribution in [3.05, 3.63) is 18.1 Å². The average Bonchev–Trinajstić information content (AvgIpc) is 3.30. The molecule has 21 heavy (non-hydrogen) atoms. The van der Waals surface area contributed by atoms with Gasteiger partial charge in [-0.1, -0.05) is 0 Å². The van der Waals surface area contributed by atoms with E-state index < -0.39 is 10.0 Å². The molecule has 3 rings (SSSR count). The van der Waals surface area contributed by atoms with Crippen molar-refractivity contribution < 1.29 is 8.42 Å². The third-order valence-corrected chi connectivity index (χ3v) is 5.70. The van der Waals surface area contributed by atoms with E-state index in [2.05, 4.69) is 14.9 Å². The normalized spacial score (nSPS) is 23.6. The molecule has 1 aliphatic heterocycles. The standard InChI is InChI=1S/C14H22N4O2S/c1-17(21(2,19)20)12-4-3-9-18(10-12)13-7-8-15-14(16-13)11-5-6-11/h7-8,11-12H,3-6,9-10H2,1-2H3. The Balaban J connectivity index is 1.75. The predicted molar refractivity (Wildman–Crippen MR) is 81.8 cm³/mol. The van der Waals surface area contributed by atoms with Gasteiger partial charge in [-0.3, -0.25) is 0 Å². The predicted octanol–water partition coefficient (Wildman–Crippen LogP) is 1.21. The van der Waals surface area contributed by atoms with Gasteiger partial charge in [0, 0.05) is 38.3 Å². The molecule has 1 saturated carbocycles. The summed E-state index contributed by atoms with van der Waals surface area (Å²) in [6.45, 7) is 1.62. The Labute approximate surface area is 126 Å². The maximum absolute atomic E-state index is 11.7. The molecule has 1 aromatic heterocycles. The van der Waals surface area contributed by atoms with Gasteiger partial charge in [0.15, 0.2) is 0 Å². The van der Waals surface area contributed by atoms with Crippen molar-refractivity contribution in [2.75, 3.05) is 31.3 Å². The van der Waals surface area contributed by atoms with Crippen LogP contribution in [0.15, 0.2) is 12.3 Å². The maximum Gasteiger partial charge on any atom is 0.211 e. The number of anilines is 1. The Morgan fingerprint density at radius 1 is 1.33 bits per heavy atom. The fourth-order valence-corrected chi connectivity index (χ4v) is 3.52. The first kappa shape index (κ1) is 14.7. The molecule has 0 aromatic carbocycles. The summed E-state index contributed by atoms with van der Waals surface area (Å²) in [6.07, 6.45) is 7.33. The summed E-state index contributed by atoms with van der Waals surface area (Å²) in [5.74, 6) is 2.40. The van der Waals surface area contributed by atoms with Crippen LogP contribution in [0.1, 0.15) is 37.4 Å². The summed E-state index contributed by atoms with van der Waals surface area (Å²) in [6, 6.07) is 1.95. The summed E-state index contributed by atoms with van der Waals surface area (Å²) >= 11 is 0. The molecule has 1 unspecified atom stereocenters. The molecule has 0 radical (unpaired) electrons. The van der Waals surface area contributed by atoms with Crippen LogP contribution in [0.4, 0.5) is 5.82 Å². The van der Waals surface area contributed by atoms with Crippen LogP contribution in [0.5, 0.6) is 0 Å². The number of aromatic nitrogens is 2. The van der Waals surface area contributed by atoms with Gasteiger partial charge >= 0.3 is 0 Å². The summed E-state index contributed by atoms with van der Waals surface area (Å²) in [4.78, 5) is 11.2. The van der Waals surface area contributed by atoms with E-state index in [9.17, 15) is 8.42 Å². The maximum atomic E-state index is 11.7. The lowest BCUT2D eigenvalue weighted by molar-refractivity contribution is 0.321. The van der Waals surface area contributed by atoms with Crippen LogP contribution < -0.4 is 4.90 Å². The Morgan fingerprint density at radius 3 is 2.76 bits per heavy atom. The topological polar surface area (TPSA) is 66.4 Å². The molecule has 0 bridgehead atoms. The first-order valence-electron chi connectivity index (χ1n) is 7.46. The van der Waals surface area contributed by atoms with E-state index in [4.69, 9.17) is 0 Å². The molecule has 1 aliphatic carbocycles. The molecule has 2 aliphatic rings. The van der Waals surface area contributed by atoms with E-state index in [1.165, 1.54) is 23.4 Å². The second-order valence-corrected chi connectivity index (χ2v) is 8.11. The molecule has 7 heteroatoms. The van der Waals surface area contributed by atoms with E-state index in [1.807, 2.05) is 12.3 Å². The molecular weight excluding hydrogens is 288 g/mol. The zero-order valence-corrected chi connectivity index (χ0v) is 13.4. The molecule has 1 atom stereocenters. The third kappa shape index (κ3) is 3.35. The van der Waals surface area contributed by atoms with Crippen molar-refractivity contribution in [3.8, 4) is 0 Å². The highest BCUT2D eigenvalue weighted by atomic mass is 32.2. The molecule has 1 saturated heterocycles. The second kappa shape index (κ2) is 5.53. The highest BCUT2D eigenvalue weighted by Gasteiger charge is 2.30. The summed E-state index contributed by atoms with van der Waals surface area (Å²) in [7, 11) is -1.48. The SMILES string of the molecule is CN(C1CCCN(c2ccnc(C3CC3)n2)C1)S(C)(=O)=O. The largest absolute Gasteiger partial charge is 0.355 e. The van der Waals surface area contributed by atoms with Gasteiger partial charge in [0.2, 0.25) is 10.0 Å². The van der Waals surface area contributed by atoms with Gasteiger partial charge in [-0.2, -0.15) is 0 Å². The zero-order chi connectivity index (χ0) is 15.0. The van der Waals surface area contributed by atoms with Crippen LogP contribution in [-0.4, -0.2) is 55.1 Å². The van der Waals surface area contributed by atoms with E-state index >= 15 is 0 Å². The molecule has 116 valence electrons. The van der Waals surface area contributed by atoms with Crippen molar-refractivity contribution in [3.63, 3.8) is 0 Å². The number of sulfonamides is 1. The molecule has 0 spiro atoms. The number of nitrogens with zero attached hydrogens (tertiary/aromatic N) is 4. The van der Waals surface area contributed by atoms with E-state index in [-0.39, 0.29) is 6.04 Å². The summed E-state index contributed by atoms with van der Waals surface area (Å²) < 4.78 is 24.9. The van der Waals surface area contributed by atoms with Gasteiger partial charge < -0.3 is 4.90 Å². The summed E-state index contributed by atoms with van der Waals surface area (Å²) in [5, 5.41) is 0. The van der Waals surface area contributed by atoms with Crippen molar-refractivity contribution in [2.45, 2.75) is 37.6 Å². The van der Waals surface area contributed by atoms with E-state index in [0.717, 1.165) is 31.0 Å². The van der Waals surface area contributed by atoms with Gasteiger partial charge in [0.05, 0.1) is 6.26 Å². The minimum absolute atomic E-state index is 0.0214. The highest BCUT2D eigenvalue weighted by Crippen LogP contribution is 2.38. The molecular formula is C14H22N4O2S. The van der Waals surface area contributed by atoms with Crippen molar-refractivity contribution in [2.24, 2.45) is 0 Å². The number of likely N-dealkylation sites (N-methyl/N-ethyl adjacent to an activating group) is 1. The number of hydrogen-bond acceptors (Lipinski definition) is 5. The minimum atomic E-state index is -3.15. The fourth-order valence-electron chi connectivity index (χ4n) is 2.81. The zero-order valence-electron chi connectivity index (χ0n) is 12.6. The fraction of sp³-hybridized carbons (Fsp3) is 0.714. The number of piperidine rings is 1. The van der Waals surface area contributed by atoms with Crippen LogP contribution in [-0.2, 0) is 10.0 Å². The van der Waals surface area contributed by atoms with Crippen LogP contribution >= 0.6 is 0 Å². The van der Waals surface area contributed by atoms with Crippen LogP contribution in [0.2, 0.25) is 0 Å². The first-order chi connectivity index (χ1) is 9.95. The smallest absolute Gasteiger partial charge is 0.211 e. The Kier molecular flexibility index (Phi) is 3.88. The van der Waals surface area contributed by atoms with Crippen LogP contribution in [0.3, 0.4) is 0 Å². The summed E-state index contributed by atoms with van der Waals surface area (Å²) in [5.41, 5.74) is 0. The molecule has 0 amide bonds. The number of hydrogen-bond donors (Lipinski definition) is 0. The molecule has 6 nitrogen and oxygen atoms in total. The molecule has 2 heterocycles. The lowest BCUT2D eigenvalue weighted by Crippen LogP contribution is -2.48. The van der Waals surface area contributed by atoms with Crippen molar-refractivity contribution >= 4 is 15.8 Å². The van der Waals surface area contributed by atoms with Gasteiger partial charge in [-0.15, -0.1) is 0 Å². The van der Waals surface area contributed by atoms with Crippen molar-refractivity contribution in [1.29, 1.82) is 0 Å². The third-order valence-electron chi connectivity index (χ3n) is 4.36. The quantitative estimate of drug-likeness (QED) is 0.836. The van der Waals surface area contributed by atoms with Gasteiger partial charge in [0.25, 0.3) is 0 Å². The van der Waals surface area contributed by atoms with E-state index in [1.54, 1.807) is 7.05 Å². The first-order valence-corrected chi connectivity index (χ1v) is 9.31. The molecule has 0 N–H and O–H groups in total. The van der Waals surface area contributed by atoms with Gasteiger partial charge in [-0.05, 0) is 31.7 Å². The Hall–Kier alpha value is -1.21. The lowest BCUT2D eigenvalue weighted by atomic mass is 10.1. The monoisotopic (exact) mass is 310 g/mol. The average molecular weight is 310 g/mol. The van der Waals surface area contributed by atoms with Crippen LogP contribution in [0, 0.1) is 0 Å². The Morgan fingerprint density at radius 2 is 2.10 bits per heavy atom. The Bertz CT molecular complexity index is 615. The van der Waals surface area contributed by atoms with Gasteiger partial charge in [-0.25, -0.2) is 22.7 Å². The van der Waals surface area contributed by atoms with Gasteiger partial charge in [0.1, 0.15) is 11.6 Å². The highest BCUT2D eigenvalue weighted by molar-refractivity contribution is 7.88. The number of rotatable bonds is 4. The second-order valence-electron chi connectivity index (χ2n) is 6.07. The molecule has 2 fully saturated rings. The minimum Gasteiger partial charge on any atom is -0.355 e.